The molecule has 0 saturated carbocycles. The minimum atomic E-state index is -0.155. The van der Waals surface area contributed by atoms with E-state index in [1.165, 1.54) is 0 Å². The molecule has 0 aliphatic carbocycles. The number of nitrogens with zero attached hydrogens (tertiary/aromatic N) is 3. The summed E-state index contributed by atoms with van der Waals surface area (Å²) in [6.07, 6.45) is 1.79. The molecule has 1 amide bonds. The normalized spacial score (nSPS) is 15.1. The SMILES string of the molecule is O=C(NCc1ccnc(N2CCOCC2)c1)c1cc(-c2ccc3c(c2)OCCO3)nc2ccccc12. The summed E-state index contributed by atoms with van der Waals surface area (Å²) < 4.78 is 16.8. The van der Waals surface area contributed by atoms with Crippen molar-refractivity contribution in [3.63, 3.8) is 0 Å². The Morgan fingerprint density at radius 1 is 0.917 bits per heavy atom. The van der Waals surface area contributed by atoms with Crippen molar-refractivity contribution in [2.45, 2.75) is 6.54 Å². The van der Waals surface area contributed by atoms with Crippen LogP contribution in [0.4, 0.5) is 5.82 Å². The number of hydrogen-bond acceptors (Lipinski definition) is 7. The lowest BCUT2D eigenvalue weighted by atomic mass is 10.0. The van der Waals surface area contributed by atoms with Gasteiger partial charge in [-0.2, -0.15) is 0 Å². The molecule has 1 fully saturated rings. The summed E-state index contributed by atoms with van der Waals surface area (Å²) in [4.78, 5) is 24.9. The van der Waals surface area contributed by atoms with E-state index in [1.54, 1.807) is 6.20 Å². The molecule has 2 aromatic heterocycles. The fraction of sp³-hybridized carbons (Fsp3) is 0.250. The predicted octanol–water partition coefficient (Wildman–Crippen LogP) is 3.83. The molecule has 4 aromatic rings. The van der Waals surface area contributed by atoms with E-state index in [2.05, 4.69) is 15.2 Å². The van der Waals surface area contributed by atoms with E-state index in [1.807, 2.05) is 60.7 Å². The number of anilines is 1. The Morgan fingerprint density at radius 3 is 2.64 bits per heavy atom. The standard InChI is InChI=1S/C28H26N4O4/c33-28(30-18-19-7-8-29-27(15-19)32-9-11-34-12-10-32)22-17-24(31-23-4-2-1-3-21(22)23)20-5-6-25-26(16-20)36-14-13-35-25/h1-8,15-17H,9-14,18H2,(H,30,33). The van der Waals surface area contributed by atoms with Crippen LogP contribution < -0.4 is 19.7 Å². The zero-order chi connectivity index (χ0) is 24.3. The van der Waals surface area contributed by atoms with Gasteiger partial charge in [-0.1, -0.05) is 18.2 Å². The smallest absolute Gasteiger partial charge is 0.252 e. The Bertz CT molecular complexity index is 1420. The van der Waals surface area contributed by atoms with Crippen molar-refractivity contribution in [2.24, 2.45) is 0 Å². The number of morpholine rings is 1. The lowest BCUT2D eigenvalue weighted by Gasteiger charge is -2.28. The summed E-state index contributed by atoms with van der Waals surface area (Å²) in [6, 6.07) is 19.2. The topological polar surface area (TPSA) is 85.8 Å². The quantitative estimate of drug-likeness (QED) is 0.463. The van der Waals surface area contributed by atoms with Crippen molar-refractivity contribution in [3.8, 4) is 22.8 Å². The number of ether oxygens (including phenoxy) is 3. The van der Waals surface area contributed by atoms with E-state index >= 15 is 0 Å². The molecular weight excluding hydrogens is 456 g/mol. The number of pyridine rings is 2. The number of carbonyl (C=O) groups is 1. The highest BCUT2D eigenvalue weighted by Gasteiger charge is 2.17. The number of para-hydroxylation sites is 1. The average Bonchev–Trinajstić information content (AvgIpc) is 2.95. The molecule has 182 valence electrons. The Labute approximate surface area is 208 Å². The molecule has 36 heavy (non-hydrogen) atoms. The molecule has 0 unspecified atom stereocenters. The van der Waals surface area contributed by atoms with Gasteiger partial charge in [0.1, 0.15) is 19.0 Å². The van der Waals surface area contributed by atoms with E-state index in [0.717, 1.165) is 46.7 Å². The van der Waals surface area contributed by atoms with Gasteiger partial charge in [0.25, 0.3) is 5.91 Å². The van der Waals surface area contributed by atoms with Gasteiger partial charge in [0.05, 0.1) is 30.0 Å². The zero-order valence-corrected chi connectivity index (χ0v) is 19.8. The van der Waals surface area contributed by atoms with Crippen molar-refractivity contribution < 1.29 is 19.0 Å². The van der Waals surface area contributed by atoms with Crippen LogP contribution in [0.25, 0.3) is 22.2 Å². The molecule has 8 heteroatoms. The zero-order valence-electron chi connectivity index (χ0n) is 19.8. The van der Waals surface area contributed by atoms with E-state index in [0.29, 0.717) is 50.0 Å². The number of carbonyl (C=O) groups excluding carboxylic acids is 1. The van der Waals surface area contributed by atoms with Gasteiger partial charge in [-0.05, 0) is 48.0 Å². The number of rotatable bonds is 5. The van der Waals surface area contributed by atoms with Crippen LogP contribution in [-0.2, 0) is 11.3 Å². The van der Waals surface area contributed by atoms with Gasteiger partial charge in [0, 0.05) is 36.8 Å². The van der Waals surface area contributed by atoms with Gasteiger partial charge in [0.15, 0.2) is 11.5 Å². The molecule has 2 aromatic carbocycles. The van der Waals surface area contributed by atoms with Gasteiger partial charge in [-0.25, -0.2) is 9.97 Å². The summed E-state index contributed by atoms with van der Waals surface area (Å²) in [5.41, 5.74) is 3.89. The van der Waals surface area contributed by atoms with Crippen LogP contribution in [0.5, 0.6) is 11.5 Å². The third-order valence-electron chi connectivity index (χ3n) is 6.40. The number of hydrogen-bond donors (Lipinski definition) is 1. The number of aromatic nitrogens is 2. The van der Waals surface area contributed by atoms with Gasteiger partial charge in [-0.3, -0.25) is 4.79 Å². The third-order valence-corrected chi connectivity index (χ3v) is 6.40. The Kier molecular flexibility index (Phi) is 6.09. The third kappa shape index (κ3) is 4.55. The molecule has 0 radical (unpaired) electrons. The fourth-order valence-corrected chi connectivity index (χ4v) is 4.53. The maximum absolute atomic E-state index is 13.4. The molecule has 2 aliphatic rings. The maximum Gasteiger partial charge on any atom is 0.252 e. The number of benzene rings is 2. The van der Waals surface area contributed by atoms with Crippen LogP contribution in [0.2, 0.25) is 0 Å². The van der Waals surface area contributed by atoms with Crippen molar-refractivity contribution in [2.75, 3.05) is 44.4 Å². The molecule has 1 N–H and O–H groups in total. The highest BCUT2D eigenvalue weighted by Crippen LogP contribution is 2.35. The molecule has 4 heterocycles. The number of fused-ring (bicyclic) bond motifs is 2. The van der Waals surface area contributed by atoms with Gasteiger partial charge in [-0.15, -0.1) is 0 Å². The lowest BCUT2D eigenvalue weighted by molar-refractivity contribution is 0.0952. The van der Waals surface area contributed by atoms with Gasteiger partial charge >= 0.3 is 0 Å². The van der Waals surface area contributed by atoms with Crippen molar-refractivity contribution in [1.82, 2.24) is 15.3 Å². The molecule has 6 rings (SSSR count). The molecule has 0 atom stereocenters. The van der Waals surface area contributed by atoms with Crippen molar-refractivity contribution in [3.05, 3.63) is 78.0 Å². The first-order valence-electron chi connectivity index (χ1n) is 12.1. The summed E-state index contributed by atoms with van der Waals surface area (Å²) in [6.45, 7) is 4.47. The van der Waals surface area contributed by atoms with Crippen LogP contribution in [0.15, 0.2) is 66.9 Å². The van der Waals surface area contributed by atoms with Crippen LogP contribution in [0.3, 0.4) is 0 Å². The van der Waals surface area contributed by atoms with Crippen molar-refractivity contribution >= 4 is 22.6 Å². The highest BCUT2D eigenvalue weighted by molar-refractivity contribution is 6.07. The highest BCUT2D eigenvalue weighted by atomic mass is 16.6. The summed E-state index contributed by atoms with van der Waals surface area (Å²) in [5.74, 6) is 2.16. The van der Waals surface area contributed by atoms with Crippen LogP contribution in [0.1, 0.15) is 15.9 Å². The first kappa shape index (κ1) is 22.3. The second kappa shape index (κ2) is 9.83. The molecule has 1 saturated heterocycles. The minimum Gasteiger partial charge on any atom is -0.486 e. The second-order valence-electron chi connectivity index (χ2n) is 8.74. The Morgan fingerprint density at radius 2 is 1.75 bits per heavy atom. The first-order chi connectivity index (χ1) is 17.7. The van der Waals surface area contributed by atoms with Crippen molar-refractivity contribution in [1.29, 1.82) is 0 Å². The summed E-state index contributed by atoms with van der Waals surface area (Å²) >= 11 is 0. The Hall–Kier alpha value is -4.17. The van der Waals surface area contributed by atoms with Crippen LogP contribution in [0, 0.1) is 0 Å². The molecule has 2 aliphatic heterocycles. The van der Waals surface area contributed by atoms with Crippen LogP contribution >= 0.6 is 0 Å². The minimum absolute atomic E-state index is 0.155. The lowest BCUT2D eigenvalue weighted by Crippen LogP contribution is -2.36. The first-order valence-corrected chi connectivity index (χ1v) is 12.1. The van der Waals surface area contributed by atoms with E-state index in [9.17, 15) is 4.79 Å². The van der Waals surface area contributed by atoms with E-state index in [4.69, 9.17) is 19.2 Å². The fourth-order valence-electron chi connectivity index (χ4n) is 4.53. The summed E-state index contributed by atoms with van der Waals surface area (Å²) in [5, 5.41) is 3.89. The van der Waals surface area contributed by atoms with E-state index in [-0.39, 0.29) is 5.91 Å². The second-order valence-corrected chi connectivity index (χ2v) is 8.74. The molecular formula is C28H26N4O4. The molecule has 0 bridgehead atoms. The maximum atomic E-state index is 13.4. The number of amides is 1. The molecule has 0 spiro atoms. The monoisotopic (exact) mass is 482 g/mol. The van der Waals surface area contributed by atoms with E-state index < -0.39 is 0 Å². The predicted molar refractivity (Wildman–Crippen MR) is 137 cm³/mol. The summed E-state index contributed by atoms with van der Waals surface area (Å²) in [7, 11) is 0. The van der Waals surface area contributed by atoms with Gasteiger partial charge < -0.3 is 24.4 Å². The molecule has 8 nitrogen and oxygen atoms in total. The van der Waals surface area contributed by atoms with Gasteiger partial charge in [0.2, 0.25) is 0 Å². The largest absolute Gasteiger partial charge is 0.486 e. The Balaban J connectivity index is 1.27. The number of nitrogens with one attached hydrogen (secondary N) is 1. The average molecular weight is 483 g/mol. The van der Waals surface area contributed by atoms with Crippen LogP contribution in [-0.4, -0.2) is 55.4 Å².